The minimum atomic E-state index is -3.89. The number of halogens is 3. The molecule has 0 unspecified atom stereocenters. The van der Waals surface area contributed by atoms with E-state index in [0.29, 0.717) is 11.4 Å². The zero-order chi connectivity index (χ0) is 21.0. The van der Waals surface area contributed by atoms with Crippen molar-refractivity contribution in [2.75, 3.05) is 10.0 Å². The first kappa shape index (κ1) is 21.2. The van der Waals surface area contributed by atoms with Gasteiger partial charge in [0.1, 0.15) is 11.6 Å². The first-order valence-corrected chi connectivity index (χ1v) is 10.9. The van der Waals surface area contributed by atoms with Crippen molar-refractivity contribution in [2.24, 2.45) is 0 Å². The van der Waals surface area contributed by atoms with Gasteiger partial charge < -0.3 is 5.32 Å². The molecule has 3 rings (SSSR count). The molecule has 0 atom stereocenters. The van der Waals surface area contributed by atoms with Crippen LogP contribution in [0.15, 0.2) is 52.7 Å². The van der Waals surface area contributed by atoms with Crippen molar-refractivity contribution in [3.05, 3.63) is 70.2 Å². The fourth-order valence-electron chi connectivity index (χ4n) is 2.30. The third-order valence-corrected chi connectivity index (χ3v) is 6.29. The average Bonchev–Trinajstić information content (AvgIpc) is 3.10. The van der Waals surface area contributed by atoms with E-state index < -0.39 is 21.7 Å². The van der Waals surface area contributed by atoms with Crippen LogP contribution in [-0.4, -0.2) is 19.3 Å². The van der Waals surface area contributed by atoms with Gasteiger partial charge >= 0.3 is 0 Å². The maximum atomic E-state index is 13.1. The normalized spacial score (nSPS) is 11.3. The molecule has 0 aliphatic carbocycles. The number of rotatable bonds is 7. The Hall–Kier alpha value is -2.56. The van der Waals surface area contributed by atoms with E-state index in [0.717, 1.165) is 41.7 Å². The first-order chi connectivity index (χ1) is 13.7. The molecule has 1 heterocycles. The van der Waals surface area contributed by atoms with Crippen LogP contribution in [0.1, 0.15) is 12.1 Å². The topological polar surface area (TPSA) is 88.2 Å². The van der Waals surface area contributed by atoms with Crippen LogP contribution in [0, 0.1) is 11.6 Å². The monoisotopic (exact) mass is 457 g/mol. The number of thiazole rings is 1. The number of carbonyl (C=O) groups excluding carboxylic acids is 1. The summed E-state index contributed by atoms with van der Waals surface area (Å²) in [6.45, 7) is 0. The third kappa shape index (κ3) is 5.72. The molecule has 3 aromatic rings. The molecule has 0 fully saturated rings. The quantitative estimate of drug-likeness (QED) is 0.548. The standard InChI is InChI=1S/C18H14ClF2N3O3S2/c19-15-9-12(3-7-16(15)21)22-17(25)8-4-13-10-28-18(23-13)24-29(26,27)14-5-1-11(20)2-6-14/h1-3,5-7,9-10H,4,8H2,(H,22,25)(H,23,24). The van der Waals surface area contributed by atoms with Crippen LogP contribution in [0.3, 0.4) is 0 Å². The van der Waals surface area contributed by atoms with Crippen molar-refractivity contribution in [2.45, 2.75) is 17.7 Å². The largest absolute Gasteiger partial charge is 0.326 e. The van der Waals surface area contributed by atoms with Gasteiger partial charge in [-0.15, -0.1) is 11.3 Å². The van der Waals surface area contributed by atoms with Crippen LogP contribution >= 0.6 is 22.9 Å². The van der Waals surface area contributed by atoms with Gasteiger partial charge in [-0.25, -0.2) is 22.2 Å². The molecule has 0 spiro atoms. The minimum Gasteiger partial charge on any atom is -0.326 e. The molecule has 1 amide bonds. The van der Waals surface area contributed by atoms with E-state index in [1.165, 1.54) is 12.1 Å². The molecule has 2 aromatic carbocycles. The molecular weight excluding hydrogens is 444 g/mol. The second-order valence-electron chi connectivity index (χ2n) is 5.88. The summed E-state index contributed by atoms with van der Waals surface area (Å²) in [5, 5.41) is 4.26. The molecule has 6 nitrogen and oxygen atoms in total. The van der Waals surface area contributed by atoms with Gasteiger partial charge in [0, 0.05) is 17.5 Å². The van der Waals surface area contributed by atoms with Crippen LogP contribution in [0.5, 0.6) is 0 Å². The predicted octanol–water partition coefficient (Wildman–Crippen LogP) is 4.45. The molecular formula is C18H14ClF2N3O3S2. The number of benzene rings is 2. The highest BCUT2D eigenvalue weighted by Gasteiger charge is 2.16. The predicted molar refractivity (Wildman–Crippen MR) is 108 cm³/mol. The van der Waals surface area contributed by atoms with Gasteiger partial charge in [-0.3, -0.25) is 9.52 Å². The SMILES string of the molecule is O=C(CCc1csc(NS(=O)(=O)c2ccc(F)cc2)n1)Nc1ccc(F)c(Cl)c1. The zero-order valence-electron chi connectivity index (χ0n) is 14.7. The Morgan fingerprint density at radius 3 is 2.55 bits per heavy atom. The molecule has 0 bridgehead atoms. The van der Waals surface area contributed by atoms with Crippen LogP contribution < -0.4 is 10.0 Å². The summed E-state index contributed by atoms with van der Waals surface area (Å²) in [7, 11) is -3.89. The van der Waals surface area contributed by atoms with Gasteiger partial charge in [0.25, 0.3) is 10.0 Å². The Morgan fingerprint density at radius 1 is 1.14 bits per heavy atom. The van der Waals surface area contributed by atoms with Crippen molar-refractivity contribution in [1.82, 2.24) is 4.98 Å². The van der Waals surface area contributed by atoms with Crippen LogP contribution in [0.4, 0.5) is 19.6 Å². The number of carbonyl (C=O) groups is 1. The van der Waals surface area contributed by atoms with E-state index >= 15 is 0 Å². The van der Waals surface area contributed by atoms with E-state index in [9.17, 15) is 22.0 Å². The molecule has 2 N–H and O–H groups in total. The lowest BCUT2D eigenvalue weighted by Crippen LogP contribution is -2.13. The Kier molecular flexibility index (Phi) is 6.46. The maximum absolute atomic E-state index is 13.1. The van der Waals surface area contributed by atoms with Gasteiger partial charge in [0.05, 0.1) is 15.6 Å². The number of aromatic nitrogens is 1. The fourth-order valence-corrected chi connectivity index (χ4v) is 4.47. The average molecular weight is 458 g/mol. The Bertz CT molecular complexity index is 1140. The van der Waals surface area contributed by atoms with E-state index in [4.69, 9.17) is 11.6 Å². The number of nitrogens with zero attached hydrogens (tertiary/aromatic N) is 1. The number of hydrogen-bond acceptors (Lipinski definition) is 5. The lowest BCUT2D eigenvalue weighted by Gasteiger charge is -2.06. The van der Waals surface area contributed by atoms with Gasteiger partial charge in [0.2, 0.25) is 5.91 Å². The van der Waals surface area contributed by atoms with Crippen LogP contribution in [0.2, 0.25) is 5.02 Å². The van der Waals surface area contributed by atoms with Gasteiger partial charge in [-0.2, -0.15) is 0 Å². The molecule has 152 valence electrons. The third-order valence-electron chi connectivity index (χ3n) is 3.71. The fraction of sp³-hybridized carbons (Fsp3) is 0.111. The molecule has 0 aliphatic rings. The summed E-state index contributed by atoms with van der Waals surface area (Å²) in [5.74, 6) is -1.45. The second kappa shape index (κ2) is 8.85. The van der Waals surface area contributed by atoms with Crippen molar-refractivity contribution < 1.29 is 22.0 Å². The summed E-state index contributed by atoms with van der Waals surface area (Å²) in [6, 6.07) is 8.25. The number of anilines is 2. The van der Waals surface area contributed by atoms with Crippen molar-refractivity contribution >= 4 is 49.7 Å². The highest BCUT2D eigenvalue weighted by Crippen LogP contribution is 2.22. The molecule has 0 radical (unpaired) electrons. The number of sulfonamides is 1. The lowest BCUT2D eigenvalue weighted by molar-refractivity contribution is -0.116. The first-order valence-electron chi connectivity index (χ1n) is 8.20. The van der Waals surface area contributed by atoms with Crippen molar-refractivity contribution in [1.29, 1.82) is 0 Å². The van der Waals surface area contributed by atoms with Gasteiger partial charge in [-0.05, 0) is 48.9 Å². The summed E-state index contributed by atoms with van der Waals surface area (Å²) in [4.78, 5) is 16.1. The molecule has 0 aliphatic heterocycles. The summed E-state index contributed by atoms with van der Waals surface area (Å²) in [6.07, 6.45) is 0.360. The van der Waals surface area contributed by atoms with E-state index in [-0.39, 0.29) is 33.8 Å². The zero-order valence-corrected chi connectivity index (χ0v) is 17.0. The highest BCUT2D eigenvalue weighted by atomic mass is 35.5. The maximum Gasteiger partial charge on any atom is 0.263 e. The summed E-state index contributed by atoms with van der Waals surface area (Å²) < 4.78 is 53.0. The number of hydrogen-bond donors (Lipinski definition) is 2. The van der Waals surface area contributed by atoms with Crippen molar-refractivity contribution in [3.8, 4) is 0 Å². The lowest BCUT2D eigenvalue weighted by atomic mass is 10.2. The molecule has 11 heteroatoms. The van der Waals surface area contributed by atoms with Gasteiger partial charge in [-0.1, -0.05) is 11.6 Å². The van der Waals surface area contributed by atoms with Crippen LogP contribution in [0.25, 0.3) is 0 Å². The second-order valence-corrected chi connectivity index (χ2v) is 8.83. The molecule has 0 saturated heterocycles. The van der Waals surface area contributed by atoms with Crippen molar-refractivity contribution in [3.63, 3.8) is 0 Å². The summed E-state index contributed by atoms with van der Waals surface area (Å²) in [5.41, 5.74) is 0.895. The Balaban J connectivity index is 1.56. The molecule has 29 heavy (non-hydrogen) atoms. The van der Waals surface area contributed by atoms with Crippen LogP contribution in [-0.2, 0) is 21.2 Å². The Morgan fingerprint density at radius 2 is 1.86 bits per heavy atom. The minimum absolute atomic E-state index is 0.0862. The number of amides is 1. The summed E-state index contributed by atoms with van der Waals surface area (Å²) >= 11 is 6.74. The molecule has 0 saturated carbocycles. The van der Waals surface area contributed by atoms with E-state index in [1.807, 2.05) is 0 Å². The Labute approximate surface area is 174 Å². The number of aryl methyl sites for hydroxylation is 1. The molecule has 1 aromatic heterocycles. The van der Waals surface area contributed by atoms with E-state index in [2.05, 4.69) is 15.0 Å². The number of nitrogens with one attached hydrogen (secondary N) is 2. The van der Waals surface area contributed by atoms with Gasteiger partial charge in [0.15, 0.2) is 5.13 Å². The smallest absolute Gasteiger partial charge is 0.263 e. The highest BCUT2D eigenvalue weighted by molar-refractivity contribution is 7.93. The van der Waals surface area contributed by atoms with E-state index in [1.54, 1.807) is 5.38 Å².